The largest absolute Gasteiger partial charge is 0.369 e. The zero-order valence-corrected chi connectivity index (χ0v) is 14.7. The fourth-order valence-corrected chi connectivity index (χ4v) is 3.85. The predicted molar refractivity (Wildman–Crippen MR) is 100.0 cm³/mol. The van der Waals surface area contributed by atoms with Crippen molar-refractivity contribution in [3.05, 3.63) is 58.0 Å². The van der Waals surface area contributed by atoms with Crippen molar-refractivity contribution >= 4 is 5.69 Å². The number of anilines is 1. The van der Waals surface area contributed by atoms with E-state index in [0.29, 0.717) is 6.67 Å². The van der Waals surface area contributed by atoms with Gasteiger partial charge in [-0.25, -0.2) is 4.68 Å². The Balaban J connectivity index is 1.42. The Labute approximate surface area is 148 Å². The molecule has 0 amide bonds. The van der Waals surface area contributed by atoms with Gasteiger partial charge in [-0.1, -0.05) is 24.6 Å². The summed E-state index contributed by atoms with van der Waals surface area (Å²) in [5, 5.41) is 4.69. The second-order valence-electron chi connectivity index (χ2n) is 7.10. The van der Waals surface area contributed by atoms with Crippen LogP contribution in [-0.2, 0) is 19.5 Å². The van der Waals surface area contributed by atoms with Gasteiger partial charge in [0.15, 0.2) is 0 Å². The summed E-state index contributed by atoms with van der Waals surface area (Å²) in [4.78, 5) is 17.2. The summed E-state index contributed by atoms with van der Waals surface area (Å²) in [6, 6.07) is 12.4. The summed E-state index contributed by atoms with van der Waals surface area (Å²) >= 11 is 0. The van der Waals surface area contributed by atoms with Crippen molar-refractivity contribution < 1.29 is 0 Å². The predicted octanol–water partition coefficient (Wildman–Crippen LogP) is 2.29. The maximum atomic E-state index is 12.4. The van der Waals surface area contributed by atoms with E-state index in [1.165, 1.54) is 30.5 Å². The number of hydrogen-bond donors (Lipinski definition) is 0. The van der Waals surface area contributed by atoms with E-state index in [1.807, 2.05) is 6.07 Å². The third kappa shape index (κ3) is 3.76. The molecule has 2 heterocycles. The fourth-order valence-electron chi connectivity index (χ4n) is 3.85. The summed E-state index contributed by atoms with van der Waals surface area (Å²) in [5.74, 6) is 0. The molecular formula is C20H26N4O. The second kappa shape index (κ2) is 7.40. The van der Waals surface area contributed by atoms with Crippen LogP contribution in [0.25, 0.3) is 0 Å². The van der Waals surface area contributed by atoms with Crippen molar-refractivity contribution in [3.63, 3.8) is 0 Å². The topological polar surface area (TPSA) is 41.4 Å². The molecule has 4 rings (SSSR count). The molecule has 0 spiro atoms. The van der Waals surface area contributed by atoms with E-state index in [0.717, 1.165) is 44.7 Å². The van der Waals surface area contributed by atoms with E-state index >= 15 is 0 Å². The molecule has 1 aliphatic heterocycles. The molecule has 1 aromatic carbocycles. The second-order valence-corrected chi connectivity index (χ2v) is 7.10. The van der Waals surface area contributed by atoms with Crippen molar-refractivity contribution in [2.45, 2.75) is 38.8 Å². The highest BCUT2D eigenvalue weighted by Gasteiger charge is 2.19. The van der Waals surface area contributed by atoms with Crippen LogP contribution in [0.4, 0.5) is 5.69 Å². The Morgan fingerprint density at radius 3 is 2.48 bits per heavy atom. The van der Waals surface area contributed by atoms with E-state index in [9.17, 15) is 4.79 Å². The number of benzene rings is 1. The van der Waals surface area contributed by atoms with Crippen LogP contribution in [0.1, 0.15) is 30.5 Å². The molecule has 0 N–H and O–H groups in total. The van der Waals surface area contributed by atoms with Gasteiger partial charge < -0.3 is 4.90 Å². The fraction of sp³-hybridized carbons (Fsp3) is 0.500. The van der Waals surface area contributed by atoms with Gasteiger partial charge >= 0.3 is 0 Å². The van der Waals surface area contributed by atoms with E-state index in [1.54, 1.807) is 4.68 Å². The van der Waals surface area contributed by atoms with Crippen LogP contribution in [0.2, 0.25) is 0 Å². The first kappa shape index (κ1) is 16.3. The molecule has 1 aromatic heterocycles. The van der Waals surface area contributed by atoms with Gasteiger partial charge in [-0.15, -0.1) is 0 Å². The first-order valence-corrected chi connectivity index (χ1v) is 9.42. The lowest BCUT2D eigenvalue weighted by molar-refractivity contribution is 0.190. The molecule has 1 fully saturated rings. The maximum Gasteiger partial charge on any atom is 0.268 e. The highest BCUT2D eigenvalue weighted by molar-refractivity contribution is 5.46. The molecule has 5 heteroatoms. The number of aryl methyl sites for hydroxylation is 2. The lowest BCUT2D eigenvalue weighted by atomic mass is 10.1. The molecular weight excluding hydrogens is 312 g/mol. The van der Waals surface area contributed by atoms with E-state index in [4.69, 9.17) is 5.10 Å². The Morgan fingerprint density at radius 2 is 1.68 bits per heavy atom. The number of para-hydroxylation sites is 1. The van der Waals surface area contributed by atoms with Crippen molar-refractivity contribution in [2.75, 3.05) is 31.1 Å². The maximum absolute atomic E-state index is 12.4. The Kier molecular flexibility index (Phi) is 4.83. The number of hydrogen-bond acceptors (Lipinski definition) is 4. The van der Waals surface area contributed by atoms with Gasteiger partial charge in [0.1, 0.15) is 0 Å². The Bertz CT molecular complexity index is 763. The standard InChI is InChI=1S/C20H26N4O/c25-20-15-17-7-3-1-6-10-19(17)21-24(20)16-22-11-13-23(14-12-22)18-8-4-2-5-9-18/h2,4-5,8-9,15H,1,3,6-7,10-14,16H2. The average molecular weight is 338 g/mol. The Morgan fingerprint density at radius 1 is 0.920 bits per heavy atom. The van der Waals surface area contributed by atoms with Gasteiger partial charge in [0, 0.05) is 37.9 Å². The number of piperazine rings is 1. The zero-order chi connectivity index (χ0) is 17.1. The van der Waals surface area contributed by atoms with Crippen molar-refractivity contribution in [2.24, 2.45) is 0 Å². The number of aromatic nitrogens is 2. The van der Waals surface area contributed by atoms with Gasteiger partial charge in [0.25, 0.3) is 5.56 Å². The highest BCUT2D eigenvalue weighted by Crippen LogP contribution is 2.18. The van der Waals surface area contributed by atoms with E-state index in [2.05, 4.69) is 40.1 Å². The first-order chi connectivity index (χ1) is 12.3. The van der Waals surface area contributed by atoms with E-state index < -0.39 is 0 Å². The molecule has 1 saturated heterocycles. The van der Waals surface area contributed by atoms with Crippen molar-refractivity contribution in [1.29, 1.82) is 0 Å². The lowest BCUT2D eigenvalue weighted by Gasteiger charge is -2.36. The molecule has 0 radical (unpaired) electrons. The van der Waals surface area contributed by atoms with Crippen LogP contribution < -0.4 is 10.5 Å². The normalized spacial score (nSPS) is 18.6. The molecule has 2 aromatic rings. The Hall–Kier alpha value is -2.14. The van der Waals surface area contributed by atoms with Crippen molar-refractivity contribution in [1.82, 2.24) is 14.7 Å². The summed E-state index contributed by atoms with van der Waals surface area (Å²) in [5.41, 5.74) is 3.64. The SMILES string of the molecule is O=c1cc2c(nn1CN1CCN(c3ccccc3)CC1)CCCCC2. The third-order valence-corrected chi connectivity index (χ3v) is 5.35. The monoisotopic (exact) mass is 338 g/mol. The summed E-state index contributed by atoms with van der Waals surface area (Å²) in [6.45, 7) is 4.50. The summed E-state index contributed by atoms with van der Waals surface area (Å²) in [6.07, 6.45) is 5.63. The first-order valence-electron chi connectivity index (χ1n) is 9.42. The summed E-state index contributed by atoms with van der Waals surface area (Å²) < 4.78 is 1.67. The van der Waals surface area contributed by atoms with Crippen LogP contribution in [0.15, 0.2) is 41.2 Å². The van der Waals surface area contributed by atoms with Gasteiger partial charge in [-0.3, -0.25) is 9.69 Å². The third-order valence-electron chi connectivity index (χ3n) is 5.35. The van der Waals surface area contributed by atoms with Crippen LogP contribution in [0, 0.1) is 0 Å². The minimum atomic E-state index is 0.0474. The molecule has 0 saturated carbocycles. The van der Waals surface area contributed by atoms with Gasteiger partial charge in [-0.2, -0.15) is 5.10 Å². The average Bonchev–Trinajstić information content (AvgIpc) is 2.88. The van der Waals surface area contributed by atoms with Crippen LogP contribution in [0.5, 0.6) is 0 Å². The van der Waals surface area contributed by atoms with Crippen LogP contribution in [-0.4, -0.2) is 40.9 Å². The number of rotatable bonds is 3. The quantitative estimate of drug-likeness (QED) is 0.805. The smallest absolute Gasteiger partial charge is 0.268 e. The highest BCUT2D eigenvalue weighted by atomic mass is 16.1. The molecule has 0 atom stereocenters. The zero-order valence-electron chi connectivity index (χ0n) is 14.7. The van der Waals surface area contributed by atoms with Crippen molar-refractivity contribution in [3.8, 4) is 0 Å². The van der Waals surface area contributed by atoms with Crippen LogP contribution >= 0.6 is 0 Å². The molecule has 0 bridgehead atoms. The molecule has 2 aliphatic rings. The minimum absolute atomic E-state index is 0.0474. The van der Waals surface area contributed by atoms with Gasteiger partial charge in [0.05, 0.1) is 12.4 Å². The summed E-state index contributed by atoms with van der Waals surface area (Å²) in [7, 11) is 0. The molecule has 5 nitrogen and oxygen atoms in total. The molecule has 132 valence electrons. The number of nitrogens with zero attached hydrogens (tertiary/aromatic N) is 4. The van der Waals surface area contributed by atoms with Gasteiger partial charge in [0.2, 0.25) is 0 Å². The lowest BCUT2D eigenvalue weighted by Crippen LogP contribution is -2.48. The van der Waals surface area contributed by atoms with E-state index in [-0.39, 0.29) is 5.56 Å². The molecule has 25 heavy (non-hydrogen) atoms. The van der Waals surface area contributed by atoms with Gasteiger partial charge in [-0.05, 0) is 43.4 Å². The molecule has 1 aliphatic carbocycles. The van der Waals surface area contributed by atoms with Crippen LogP contribution in [0.3, 0.4) is 0 Å². The minimum Gasteiger partial charge on any atom is -0.369 e. The molecule has 0 unspecified atom stereocenters. The number of fused-ring (bicyclic) bond motifs is 1.